The zero-order valence-corrected chi connectivity index (χ0v) is 12.0. The molecule has 1 saturated heterocycles. The van der Waals surface area contributed by atoms with Gasteiger partial charge in [-0.3, -0.25) is 4.68 Å². The first-order chi connectivity index (χ1) is 9.62. The topological polar surface area (TPSA) is 108 Å². The number of sulfonamides is 1. The molecule has 1 aliphatic heterocycles. The van der Waals surface area contributed by atoms with Crippen molar-refractivity contribution in [3.63, 3.8) is 0 Å². The Morgan fingerprint density at radius 3 is 3.05 bits per heavy atom. The molecule has 1 aromatic heterocycles. The van der Waals surface area contributed by atoms with Gasteiger partial charge in [-0.05, 0) is 13.0 Å². The number of aromatic nitrogens is 2. The van der Waals surface area contributed by atoms with Gasteiger partial charge in [0.25, 0.3) is 0 Å². The van der Waals surface area contributed by atoms with E-state index in [2.05, 4.69) is 9.82 Å². The van der Waals surface area contributed by atoms with Gasteiger partial charge in [0.1, 0.15) is 4.90 Å². The van der Waals surface area contributed by atoms with Crippen LogP contribution in [0.4, 0.5) is 0 Å². The standard InChI is InChI=1S/C11H20N4O4S/c12-2-1-3-15-8-11(7-13-15)20(16,17)14-6-10-9-18-4-5-19-10/h7-8,10,14H,1-6,9,12H2. The van der Waals surface area contributed by atoms with Crippen molar-refractivity contribution in [2.75, 3.05) is 32.9 Å². The van der Waals surface area contributed by atoms with Gasteiger partial charge in [0.15, 0.2) is 0 Å². The third-order valence-corrected chi connectivity index (χ3v) is 4.28. The number of hydrogen-bond donors (Lipinski definition) is 2. The van der Waals surface area contributed by atoms with Gasteiger partial charge in [-0.1, -0.05) is 0 Å². The molecule has 0 aliphatic carbocycles. The maximum Gasteiger partial charge on any atom is 0.243 e. The summed E-state index contributed by atoms with van der Waals surface area (Å²) in [7, 11) is -3.56. The second-order valence-electron chi connectivity index (χ2n) is 4.50. The lowest BCUT2D eigenvalue weighted by molar-refractivity contribution is -0.0846. The van der Waals surface area contributed by atoms with Crippen LogP contribution in [0, 0.1) is 0 Å². The Morgan fingerprint density at radius 2 is 2.35 bits per heavy atom. The van der Waals surface area contributed by atoms with E-state index in [0.29, 0.717) is 32.9 Å². The maximum absolute atomic E-state index is 12.1. The number of nitrogens with one attached hydrogen (secondary N) is 1. The van der Waals surface area contributed by atoms with Crippen molar-refractivity contribution in [2.24, 2.45) is 5.73 Å². The van der Waals surface area contributed by atoms with Crippen LogP contribution >= 0.6 is 0 Å². The van der Waals surface area contributed by atoms with E-state index in [1.807, 2.05) is 0 Å². The number of ether oxygens (including phenoxy) is 2. The second kappa shape index (κ2) is 7.14. The molecular weight excluding hydrogens is 284 g/mol. The Bertz CT molecular complexity index is 510. The minimum Gasteiger partial charge on any atom is -0.376 e. The molecule has 0 saturated carbocycles. The van der Waals surface area contributed by atoms with Crippen molar-refractivity contribution in [3.05, 3.63) is 12.4 Å². The average Bonchev–Trinajstić information content (AvgIpc) is 2.94. The molecule has 0 radical (unpaired) electrons. The monoisotopic (exact) mass is 304 g/mol. The summed E-state index contributed by atoms with van der Waals surface area (Å²) >= 11 is 0. The van der Waals surface area contributed by atoms with Crippen LogP contribution in [0.3, 0.4) is 0 Å². The second-order valence-corrected chi connectivity index (χ2v) is 6.27. The molecule has 0 aromatic carbocycles. The Kier molecular flexibility index (Phi) is 5.49. The highest BCUT2D eigenvalue weighted by Crippen LogP contribution is 2.08. The lowest BCUT2D eigenvalue weighted by atomic mass is 10.3. The van der Waals surface area contributed by atoms with Crippen molar-refractivity contribution in [1.82, 2.24) is 14.5 Å². The maximum atomic E-state index is 12.1. The van der Waals surface area contributed by atoms with Gasteiger partial charge in [-0.2, -0.15) is 5.10 Å². The van der Waals surface area contributed by atoms with Crippen LogP contribution in [-0.4, -0.2) is 57.2 Å². The molecule has 1 aliphatic rings. The van der Waals surface area contributed by atoms with Crippen LogP contribution in [0.2, 0.25) is 0 Å². The van der Waals surface area contributed by atoms with E-state index in [0.717, 1.165) is 6.42 Å². The molecule has 1 unspecified atom stereocenters. The zero-order valence-electron chi connectivity index (χ0n) is 11.2. The molecule has 0 amide bonds. The zero-order chi connectivity index (χ0) is 14.4. The third kappa shape index (κ3) is 4.25. The molecule has 3 N–H and O–H groups in total. The summed E-state index contributed by atoms with van der Waals surface area (Å²) < 4.78 is 38.8. The Labute approximate surface area is 118 Å². The summed E-state index contributed by atoms with van der Waals surface area (Å²) in [6, 6.07) is 0. The summed E-state index contributed by atoms with van der Waals surface area (Å²) in [5.74, 6) is 0. The van der Waals surface area contributed by atoms with Crippen LogP contribution in [0.1, 0.15) is 6.42 Å². The fourth-order valence-electron chi connectivity index (χ4n) is 1.80. The third-order valence-electron chi connectivity index (χ3n) is 2.90. The highest BCUT2D eigenvalue weighted by Gasteiger charge is 2.20. The highest BCUT2D eigenvalue weighted by atomic mass is 32.2. The van der Waals surface area contributed by atoms with E-state index in [4.69, 9.17) is 15.2 Å². The summed E-state index contributed by atoms with van der Waals surface area (Å²) in [6.45, 7) is 2.78. The van der Waals surface area contributed by atoms with Gasteiger partial charge in [0.2, 0.25) is 10.0 Å². The largest absolute Gasteiger partial charge is 0.376 e. The summed E-state index contributed by atoms with van der Waals surface area (Å²) in [5.41, 5.74) is 5.40. The van der Waals surface area contributed by atoms with Crippen molar-refractivity contribution < 1.29 is 17.9 Å². The van der Waals surface area contributed by atoms with Crippen molar-refractivity contribution >= 4 is 10.0 Å². The predicted molar refractivity (Wildman–Crippen MR) is 71.6 cm³/mol. The van der Waals surface area contributed by atoms with Crippen LogP contribution in [-0.2, 0) is 26.0 Å². The van der Waals surface area contributed by atoms with Crippen LogP contribution in [0.15, 0.2) is 17.3 Å². The van der Waals surface area contributed by atoms with Gasteiger partial charge >= 0.3 is 0 Å². The van der Waals surface area contributed by atoms with Crippen molar-refractivity contribution in [3.8, 4) is 0 Å². The summed E-state index contributed by atoms with van der Waals surface area (Å²) in [4.78, 5) is 0.145. The van der Waals surface area contributed by atoms with Crippen LogP contribution in [0.25, 0.3) is 0 Å². The van der Waals surface area contributed by atoms with E-state index >= 15 is 0 Å². The number of aryl methyl sites for hydroxylation is 1. The highest BCUT2D eigenvalue weighted by molar-refractivity contribution is 7.89. The first-order valence-corrected chi connectivity index (χ1v) is 8.01. The van der Waals surface area contributed by atoms with Gasteiger partial charge < -0.3 is 15.2 Å². The quantitative estimate of drug-likeness (QED) is 0.664. The fraction of sp³-hybridized carbons (Fsp3) is 0.727. The van der Waals surface area contributed by atoms with Crippen molar-refractivity contribution in [1.29, 1.82) is 0 Å². The lowest BCUT2D eigenvalue weighted by Crippen LogP contribution is -2.39. The smallest absolute Gasteiger partial charge is 0.243 e. The molecule has 20 heavy (non-hydrogen) atoms. The van der Waals surface area contributed by atoms with Gasteiger partial charge in [-0.15, -0.1) is 0 Å². The molecule has 1 fully saturated rings. The van der Waals surface area contributed by atoms with E-state index in [1.54, 1.807) is 4.68 Å². The summed E-state index contributed by atoms with van der Waals surface area (Å²) in [6.07, 6.45) is 3.33. The SMILES string of the molecule is NCCCn1cc(S(=O)(=O)NCC2COCCO2)cn1. The van der Waals surface area contributed by atoms with E-state index < -0.39 is 10.0 Å². The van der Waals surface area contributed by atoms with Gasteiger partial charge in [-0.25, -0.2) is 13.1 Å². The molecule has 1 aromatic rings. The average molecular weight is 304 g/mol. The molecule has 9 heteroatoms. The Morgan fingerprint density at radius 1 is 1.50 bits per heavy atom. The molecular formula is C11H20N4O4S. The number of nitrogens with zero attached hydrogens (tertiary/aromatic N) is 2. The lowest BCUT2D eigenvalue weighted by Gasteiger charge is -2.22. The van der Waals surface area contributed by atoms with Crippen LogP contribution in [0.5, 0.6) is 0 Å². The predicted octanol–water partition coefficient (Wildman–Crippen LogP) is -1.07. The molecule has 2 rings (SSSR count). The minimum absolute atomic E-state index is 0.145. The molecule has 0 spiro atoms. The minimum atomic E-state index is -3.56. The Hall–Kier alpha value is -1.00. The molecule has 0 bridgehead atoms. The Balaban J connectivity index is 1.90. The number of nitrogens with two attached hydrogens (primary N) is 1. The van der Waals surface area contributed by atoms with Crippen molar-refractivity contribution in [2.45, 2.75) is 24.0 Å². The molecule has 2 heterocycles. The normalized spacial score (nSPS) is 20.1. The van der Waals surface area contributed by atoms with Gasteiger partial charge in [0, 0.05) is 19.3 Å². The molecule has 1 atom stereocenters. The number of rotatable bonds is 7. The molecule has 114 valence electrons. The summed E-state index contributed by atoms with van der Waals surface area (Å²) in [5, 5.41) is 4.00. The number of hydrogen-bond acceptors (Lipinski definition) is 6. The van der Waals surface area contributed by atoms with Crippen LogP contribution < -0.4 is 10.5 Å². The van der Waals surface area contributed by atoms with E-state index in [9.17, 15) is 8.42 Å². The molecule has 8 nitrogen and oxygen atoms in total. The fourth-order valence-corrected chi connectivity index (χ4v) is 2.82. The first kappa shape index (κ1) is 15.4. The van der Waals surface area contributed by atoms with E-state index in [-0.39, 0.29) is 17.5 Å². The first-order valence-electron chi connectivity index (χ1n) is 6.53. The van der Waals surface area contributed by atoms with Gasteiger partial charge in [0.05, 0.1) is 32.1 Å². The van der Waals surface area contributed by atoms with E-state index in [1.165, 1.54) is 12.4 Å².